The van der Waals surface area contributed by atoms with E-state index >= 15 is 0 Å². The molecule has 0 radical (unpaired) electrons. The number of rotatable bonds is 4. The molecule has 0 saturated heterocycles. The van der Waals surface area contributed by atoms with E-state index in [0.29, 0.717) is 10.8 Å². The maximum atomic E-state index is 12.2. The van der Waals surface area contributed by atoms with Gasteiger partial charge in [-0.1, -0.05) is 30.7 Å². The molecule has 0 spiro atoms. The first-order valence-corrected chi connectivity index (χ1v) is 9.16. The molecule has 1 aromatic heterocycles. The lowest BCUT2D eigenvalue weighted by molar-refractivity contribution is 0.0917. The monoisotopic (exact) mass is 399 g/mol. The number of benzene rings is 2. The van der Waals surface area contributed by atoms with Gasteiger partial charge in [0, 0.05) is 16.3 Å². The average Bonchev–Trinajstić information content (AvgIpc) is 3.17. The Morgan fingerprint density at radius 2 is 1.70 bits per heavy atom. The summed E-state index contributed by atoms with van der Waals surface area (Å²) in [6.07, 6.45) is 0.972. The standard InChI is InChI=1S/C20H18ClN3O2S/c1-2-13-3-9-16(10-4-13)22-20(27)24-23-19(25)18-12-11-17(26-18)14-5-7-15(21)8-6-14/h3-12H,2H2,1H3,(H,23,25)(H2,22,24,27). The Labute approximate surface area is 167 Å². The maximum absolute atomic E-state index is 12.2. The predicted molar refractivity (Wildman–Crippen MR) is 112 cm³/mol. The van der Waals surface area contributed by atoms with Gasteiger partial charge < -0.3 is 9.73 Å². The van der Waals surface area contributed by atoms with Crippen LogP contribution in [0, 0.1) is 0 Å². The summed E-state index contributed by atoms with van der Waals surface area (Å²) in [4.78, 5) is 12.2. The Hall–Kier alpha value is -2.83. The minimum absolute atomic E-state index is 0.169. The highest BCUT2D eigenvalue weighted by atomic mass is 35.5. The average molecular weight is 400 g/mol. The number of hydrogen-bond acceptors (Lipinski definition) is 3. The topological polar surface area (TPSA) is 66.3 Å². The molecule has 3 rings (SSSR count). The highest BCUT2D eigenvalue weighted by molar-refractivity contribution is 7.80. The number of hydrogen-bond donors (Lipinski definition) is 3. The van der Waals surface area contributed by atoms with Crippen molar-refractivity contribution in [2.75, 3.05) is 5.32 Å². The molecule has 3 aromatic rings. The number of hydrazine groups is 1. The molecule has 0 bridgehead atoms. The summed E-state index contributed by atoms with van der Waals surface area (Å²) in [7, 11) is 0. The Morgan fingerprint density at radius 3 is 2.37 bits per heavy atom. The van der Waals surface area contributed by atoms with Crippen molar-refractivity contribution in [1.82, 2.24) is 10.9 Å². The first-order chi connectivity index (χ1) is 13.0. The van der Waals surface area contributed by atoms with Crippen LogP contribution in [0.3, 0.4) is 0 Å². The minimum atomic E-state index is -0.430. The van der Waals surface area contributed by atoms with Gasteiger partial charge in [-0.2, -0.15) is 0 Å². The van der Waals surface area contributed by atoms with Gasteiger partial charge in [0.25, 0.3) is 0 Å². The molecule has 0 unspecified atom stereocenters. The number of thiocarbonyl (C=S) groups is 1. The quantitative estimate of drug-likeness (QED) is 0.434. The fourth-order valence-corrected chi connectivity index (χ4v) is 2.69. The lowest BCUT2D eigenvalue weighted by atomic mass is 10.1. The molecular weight excluding hydrogens is 382 g/mol. The van der Waals surface area contributed by atoms with Gasteiger partial charge in [0.15, 0.2) is 10.9 Å². The number of amides is 1. The van der Waals surface area contributed by atoms with Crippen LogP contribution >= 0.6 is 23.8 Å². The number of halogens is 1. The van der Waals surface area contributed by atoms with Crippen molar-refractivity contribution in [3.05, 3.63) is 77.0 Å². The van der Waals surface area contributed by atoms with E-state index in [9.17, 15) is 4.79 Å². The van der Waals surface area contributed by atoms with Crippen LogP contribution in [-0.4, -0.2) is 11.0 Å². The number of carbonyl (C=O) groups is 1. The van der Waals surface area contributed by atoms with Crippen LogP contribution < -0.4 is 16.2 Å². The highest BCUT2D eigenvalue weighted by Gasteiger charge is 2.12. The van der Waals surface area contributed by atoms with E-state index in [-0.39, 0.29) is 10.9 Å². The molecule has 3 N–H and O–H groups in total. The summed E-state index contributed by atoms with van der Waals surface area (Å²) in [6, 6.07) is 18.4. The molecule has 0 aliphatic heterocycles. The zero-order chi connectivity index (χ0) is 19.2. The van der Waals surface area contributed by atoms with E-state index in [1.54, 1.807) is 24.3 Å². The number of anilines is 1. The normalized spacial score (nSPS) is 10.3. The Bertz CT molecular complexity index is 937. The third kappa shape index (κ3) is 5.09. The van der Waals surface area contributed by atoms with E-state index in [4.69, 9.17) is 28.2 Å². The van der Waals surface area contributed by atoms with Crippen LogP contribution in [0.5, 0.6) is 0 Å². The van der Waals surface area contributed by atoms with Crippen molar-refractivity contribution in [2.45, 2.75) is 13.3 Å². The summed E-state index contributed by atoms with van der Waals surface area (Å²) in [5.41, 5.74) is 8.07. The molecule has 5 nitrogen and oxygen atoms in total. The van der Waals surface area contributed by atoms with Crippen LogP contribution in [0.15, 0.2) is 65.1 Å². The summed E-state index contributed by atoms with van der Waals surface area (Å²) < 4.78 is 5.59. The zero-order valence-corrected chi connectivity index (χ0v) is 16.2. The molecule has 0 saturated carbocycles. The lowest BCUT2D eigenvalue weighted by Gasteiger charge is -2.11. The van der Waals surface area contributed by atoms with Crippen molar-refractivity contribution >= 4 is 40.5 Å². The Balaban J connectivity index is 1.54. The fourth-order valence-electron chi connectivity index (χ4n) is 2.39. The molecule has 0 aliphatic rings. The second-order valence-electron chi connectivity index (χ2n) is 5.75. The molecule has 7 heteroatoms. The summed E-state index contributed by atoms with van der Waals surface area (Å²) in [5, 5.41) is 3.91. The number of furan rings is 1. The highest BCUT2D eigenvalue weighted by Crippen LogP contribution is 2.23. The molecule has 138 valence electrons. The van der Waals surface area contributed by atoms with Crippen molar-refractivity contribution in [3.8, 4) is 11.3 Å². The van der Waals surface area contributed by atoms with Crippen molar-refractivity contribution in [1.29, 1.82) is 0 Å². The van der Waals surface area contributed by atoms with Gasteiger partial charge in [-0.05, 0) is 72.7 Å². The second-order valence-corrected chi connectivity index (χ2v) is 6.60. The Morgan fingerprint density at radius 1 is 1.00 bits per heavy atom. The SMILES string of the molecule is CCc1ccc(NC(=S)NNC(=O)c2ccc(-c3ccc(Cl)cc3)o2)cc1. The number of nitrogens with one attached hydrogen (secondary N) is 3. The van der Waals surface area contributed by atoms with Gasteiger partial charge in [0.1, 0.15) is 5.76 Å². The Kier molecular flexibility index (Phi) is 6.11. The van der Waals surface area contributed by atoms with Crippen LogP contribution in [0.2, 0.25) is 5.02 Å². The predicted octanol–water partition coefficient (Wildman–Crippen LogP) is 4.79. The summed E-state index contributed by atoms with van der Waals surface area (Å²) >= 11 is 11.1. The third-order valence-electron chi connectivity index (χ3n) is 3.87. The van der Waals surface area contributed by atoms with E-state index in [0.717, 1.165) is 17.7 Å². The molecule has 1 heterocycles. The van der Waals surface area contributed by atoms with Crippen LogP contribution in [0.1, 0.15) is 23.0 Å². The van der Waals surface area contributed by atoms with Crippen LogP contribution in [0.25, 0.3) is 11.3 Å². The van der Waals surface area contributed by atoms with Gasteiger partial charge in [-0.25, -0.2) is 0 Å². The van der Waals surface area contributed by atoms with Crippen molar-refractivity contribution in [2.24, 2.45) is 0 Å². The molecule has 0 atom stereocenters. The first-order valence-electron chi connectivity index (χ1n) is 8.37. The molecule has 0 aliphatic carbocycles. The lowest BCUT2D eigenvalue weighted by Crippen LogP contribution is -2.43. The van der Waals surface area contributed by atoms with E-state index in [1.807, 2.05) is 36.4 Å². The van der Waals surface area contributed by atoms with E-state index in [1.165, 1.54) is 5.56 Å². The van der Waals surface area contributed by atoms with Crippen molar-refractivity contribution < 1.29 is 9.21 Å². The molecule has 1 amide bonds. The largest absolute Gasteiger partial charge is 0.451 e. The van der Waals surface area contributed by atoms with E-state index in [2.05, 4.69) is 23.1 Å². The molecule has 27 heavy (non-hydrogen) atoms. The van der Waals surface area contributed by atoms with Gasteiger partial charge in [0.2, 0.25) is 0 Å². The first kappa shape index (κ1) is 18.9. The van der Waals surface area contributed by atoms with Gasteiger partial charge in [-0.15, -0.1) is 0 Å². The van der Waals surface area contributed by atoms with E-state index < -0.39 is 5.91 Å². The third-order valence-corrected chi connectivity index (χ3v) is 4.32. The molecule has 2 aromatic carbocycles. The van der Waals surface area contributed by atoms with Crippen LogP contribution in [-0.2, 0) is 6.42 Å². The molecule has 0 fully saturated rings. The van der Waals surface area contributed by atoms with Gasteiger partial charge in [-0.3, -0.25) is 15.6 Å². The minimum Gasteiger partial charge on any atom is -0.451 e. The molecular formula is C20H18ClN3O2S. The number of aryl methyl sites for hydroxylation is 1. The summed E-state index contributed by atoms with van der Waals surface area (Å²) in [6.45, 7) is 2.09. The number of carbonyl (C=O) groups excluding carboxylic acids is 1. The fraction of sp³-hybridized carbons (Fsp3) is 0.100. The van der Waals surface area contributed by atoms with Crippen molar-refractivity contribution in [3.63, 3.8) is 0 Å². The zero-order valence-electron chi connectivity index (χ0n) is 14.6. The smallest absolute Gasteiger partial charge is 0.305 e. The van der Waals surface area contributed by atoms with Gasteiger partial charge >= 0.3 is 5.91 Å². The second kappa shape index (κ2) is 8.70. The maximum Gasteiger partial charge on any atom is 0.305 e. The van der Waals surface area contributed by atoms with Crippen LogP contribution in [0.4, 0.5) is 5.69 Å². The summed E-state index contributed by atoms with van der Waals surface area (Å²) in [5.74, 6) is 0.316. The van der Waals surface area contributed by atoms with Gasteiger partial charge in [0.05, 0.1) is 0 Å².